The first kappa shape index (κ1) is 11.8. The number of imidazole rings is 1. The molecule has 2 aromatic rings. The average molecular weight is 264 g/mol. The lowest BCUT2D eigenvalue weighted by Crippen LogP contribution is -2.27. The van der Waals surface area contributed by atoms with Gasteiger partial charge in [-0.05, 0) is 30.9 Å². The number of rotatable bonds is 3. The molecule has 1 fully saturated rings. The molecule has 0 amide bonds. The molecule has 3 nitrogen and oxygen atoms in total. The summed E-state index contributed by atoms with van der Waals surface area (Å²) in [5.74, 6) is 1.68. The zero-order valence-electron chi connectivity index (χ0n) is 10.3. The summed E-state index contributed by atoms with van der Waals surface area (Å²) in [4.78, 5) is 4.29. The van der Waals surface area contributed by atoms with Gasteiger partial charge in [0.25, 0.3) is 0 Å². The van der Waals surface area contributed by atoms with Gasteiger partial charge in [-0.2, -0.15) is 0 Å². The highest BCUT2D eigenvalue weighted by Gasteiger charge is 2.22. The van der Waals surface area contributed by atoms with E-state index in [4.69, 9.17) is 11.6 Å². The van der Waals surface area contributed by atoms with Crippen LogP contribution in [0.15, 0.2) is 30.6 Å². The van der Waals surface area contributed by atoms with E-state index in [0.29, 0.717) is 11.3 Å². The van der Waals surface area contributed by atoms with E-state index in [1.165, 1.54) is 19.3 Å². The smallest absolute Gasteiger partial charge is 0.138 e. The fraction of sp³-hybridized carbons (Fsp3) is 0.500. The van der Waals surface area contributed by atoms with Crippen molar-refractivity contribution in [3.05, 3.63) is 30.6 Å². The predicted octanol–water partition coefficient (Wildman–Crippen LogP) is 3.54. The summed E-state index contributed by atoms with van der Waals surface area (Å²) in [6.07, 6.45) is 8.79. The van der Waals surface area contributed by atoms with Crippen LogP contribution in [-0.2, 0) is 0 Å². The van der Waals surface area contributed by atoms with Crippen LogP contribution in [0.1, 0.15) is 25.7 Å². The molecule has 0 radical (unpaired) electrons. The van der Waals surface area contributed by atoms with Crippen LogP contribution in [0.25, 0.3) is 5.65 Å². The first-order valence-corrected chi connectivity index (χ1v) is 7.08. The lowest BCUT2D eigenvalue weighted by molar-refractivity contribution is 0.380. The van der Waals surface area contributed by atoms with Crippen LogP contribution in [0.5, 0.6) is 0 Å². The molecule has 1 aliphatic carbocycles. The number of anilines is 1. The van der Waals surface area contributed by atoms with Crippen molar-refractivity contribution in [1.29, 1.82) is 0 Å². The van der Waals surface area contributed by atoms with E-state index in [-0.39, 0.29) is 0 Å². The molecule has 3 rings (SSSR count). The van der Waals surface area contributed by atoms with Crippen molar-refractivity contribution < 1.29 is 0 Å². The number of nitrogens with zero attached hydrogens (tertiary/aromatic N) is 2. The van der Waals surface area contributed by atoms with Crippen LogP contribution in [0.2, 0.25) is 0 Å². The van der Waals surface area contributed by atoms with Gasteiger partial charge in [0.1, 0.15) is 11.5 Å². The molecule has 0 spiro atoms. The van der Waals surface area contributed by atoms with Gasteiger partial charge in [-0.25, -0.2) is 4.98 Å². The average Bonchev–Trinajstić information content (AvgIpc) is 2.86. The predicted molar refractivity (Wildman–Crippen MR) is 75.3 cm³/mol. The van der Waals surface area contributed by atoms with E-state index < -0.39 is 0 Å². The number of alkyl halides is 1. The SMILES string of the molecule is ClC1CCCCC1CNc1cccc2nccn12. The fourth-order valence-electron chi connectivity index (χ4n) is 2.72. The molecule has 1 aliphatic rings. The van der Waals surface area contributed by atoms with Crippen molar-refractivity contribution in [3.8, 4) is 0 Å². The monoisotopic (exact) mass is 263 g/mol. The maximum Gasteiger partial charge on any atom is 0.138 e. The molecule has 1 saturated carbocycles. The lowest BCUT2D eigenvalue weighted by atomic mass is 9.89. The Hall–Kier alpha value is -1.22. The van der Waals surface area contributed by atoms with Gasteiger partial charge in [-0.1, -0.05) is 18.9 Å². The second-order valence-corrected chi connectivity index (χ2v) is 5.57. The van der Waals surface area contributed by atoms with Crippen molar-refractivity contribution in [2.45, 2.75) is 31.1 Å². The van der Waals surface area contributed by atoms with Gasteiger partial charge in [0, 0.05) is 24.3 Å². The Morgan fingerprint density at radius 1 is 1.33 bits per heavy atom. The minimum absolute atomic E-state index is 0.327. The van der Waals surface area contributed by atoms with Crippen molar-refractivity contribution >= 4 is 23.1 Å². The summed E-state index contributed by atoms with van der Waals surface area (Å²) < 4.78 is 2.08. The van der Waals surface area contributed by atoms with E-state index in [1.807, 2.05) is 24.5 Å². The first-order valence-electron chi connectivity index (χ1n) is 6.64. The van der Waals surface area contributed by atoms with Crippen molar-refractivity contribution in [2.24, 2.45) is 5.92 Å². The summed E-state index contributed by atoms with van der Waals surface area (Å²) in [6, 6.07) is 6.13. The van der Waals surface area contributed by atoms with Crippen LogP contribution < -0.4 is 5.32 Å². The Balaban J connectivity index is 1.71. The van der Waals surface area contributed by atoms with Crippen LogP contribution in [-0.4, -0.2) is 21.3 Å². The molecule has 0 aromatic carbocycles. The van der Waals surface area contributed by atoms with Gasteiger partial charge in [0.2, 0.25) is 0 Å². The molecule has 2 atom stereocenters. The second-order valence-electron chi connectivity index (χ2n) is 5.01. The normalized spacial score (nSPS) is 24.3. The van der Waals surface area contributed by atoms with Crippen molar-refractivity contribution in [3.63, 3.8) is 0 Å². The van der Waals surface area contributed by atoms with Gasteiger partial charge in [-0.15, -0.1) is 11.6 Å². The maximum absolute atomic E-state index is 6.39. The van der Waals surface area contributed by atoms with Crippen LogP contribution in [0.3, 0.4) is 0 Å². The zero-order chi connectivity index (χ0) is 12.4. The molecule has 0 saturated heterocycles. The summed E-state index contributed by atoms with van der Waals surface area (Å²) in [7, 11) is 0. The van der Waals surface area contributed by atoms with Gasteiger partial charge in [0.05, 0.1) is 0 Å². The number of aromatic nitrogens is 2. The molecular weight excluding hydrogens is 246 g/mol. The number of hydrogen-bond donors (Lipinski definition) is 1. The number of nitrogens with one attached hydrogen (secondary N) is 1. The Morgan fingerprint density at radius 3 is 3.11 bits per heavy atom. The molecule has 2 heterocycles. The highest BCUT2D eigenvalue weighted by molar-refractivity contribution is 6.20. The number of halogens is 1. The number of pyridine rings is 1. The Bertz CT molecular complexity index is 522. The zero-order valence-corrected chi connectivity index (χ0v) is 11.1. The Labute approximate surface area is 112 Å². The highest BCUT2D eigenvalue weighted by atomic mass is 35.5. The summed E-state index contributed by atoms with van der Waals surface area (Å²) in [5, 5.41) is 3.84. The fourth-order valence-corrected chi connectivity index (χ4v) is 3.09. The third-order valence-electron chi connectivity index (χ3n) is 3.79. The number of fused-ring (bicyclic) bond motifs is 1. The summed E-state index contributed by atoms with van der Waals surface area (Å²) in [5.41, 5.74) is 0.978. The third-order valence-corrected chi connectivity index (χ3v) is 4.36. The summed E-state index contributed by atoms with van der Waals surface area (Å²) >= 11 is 6.39. The van der Waals surface area contributed by atoms with Gasteiger partial charge in [-0.3, -0.25) is 4.40 Å². The largest absolute Gasteiger partial charge is 0.371 e. The van der Waals surface area contributed by atoms with Gasteiger partial charge >= 0.3 is 0 Å². The minimum Gasteiger partial charge on any atom is -0.371 e. The minimum atomic E-state index is 0.327. The first-order chi connectivity index (χ1) is 8.84. The van der Waals surface area contributed by atoms with Crippen LogP contribution >= 0.6 is 11.6 Å². The quantitative estimate of drug-likeness (QED) is 0.859. The standard InChI is InChI=1S/C14H18ClN3/c15-12-5-2-1-4-11(12)10-17-14-7-3-6-13-16-8-9-18(13)14/h3,6-9,11-12,17H,1-2,4-5,10H2. The Morgan fingerprint density at radius 2 is 2.22 bits per heavy atom. The number of hydrogen-bond acceptors (Lipinski definition) is 2. The Kier molecular flexibility index (Phi) is 3.41. The van der Waals surface area contributed by atoms with Crippen LogP contribution in [0, 0.1) is 5.92 Å². The van der Waals surface area contributed by atoms with E-state index in [2.05, 4.69) is 20.8 Å². The molecule has 0 bridgehead atoms. The van der Waals surface area contributed by atoms with Gasteiger partial charge < -0.3 is 5.32 Å². The highest BCUT2D eigenvalue weighted by Crippen LogP contribution is 2.28. The lowest BCUT2D eigenvalue weighted by Gasteiger charge is -2.27. The van der Waals surface area contributed by atoms with Crippen molar-refractivity contribution in [2.75, 3.05) is 11.9 Å². The van der Waals surface area contributed by atoms with E-state index in [9.17, 15) is 0 Å². The molecule has 18 heavy (non-hydrogen) atoms. The van der Waals surface area contributed by atoms with Crippen LogP contribution in [0.4, 0.5) is 5.82 Å². The maximum atomic E-state index is 6.39. The molecular formula is C14H18ClN3. The van der Waals surface area contributed by atoms with E-state index in [0.717, 1.165) is 24.4 Å². The molecule has 0 aliphatic heterocycles. The summed E-state index contributed by atoms with van der Waals surface area (Å²) in [6.45, 7) is 0.950. The third kappa shape index (κ3) is 2.32. The molecule has 1 N–H and O–H groups in total. The molecule has 2 unspecified atom stereocenters. The van der Waals surface area contributed by atoms with E-state index >= 15 is 0 Å². The molecule has 2 aromatic heterocycles. The topological polar surface area (TPSA) is 29.3 Å². The van der Waals surface area contributed by atoms with Gasteiger partial charge in [0.15, 0.2) is 0 Å². The molecule has 4 heteroatoms. The second kappa shape index (κ2) is 5.19. The molecule has 96 valence electrons. The van der Waals surface area contributed by atoms with E-state index in [1.54, 1.807) is 0 Å². The van der Waals surface area contributed by atoms with Crippen molar-refractivity contribution in [1.82, 2.24) is 9.38 Å².